The van der Waals surface area contributed by atoms with E-state index >= 15 is 0 Å². The first kappa shape index (κ1) is 9.72. The van der Waals surface area contributed by atoms with E-state index in [1.165, 1.54) is 0 Å². The first-order valence-electron chi connectivity index (χ1n) is 4.25. The fourth-order valence-electron chi connectivity index (χ4n) is 1.06. The molecule has 0 spiro atoms. The summed E-state index contributed by atoms with van der Waals surface area (Å²) in [5, 5.41) is 11.4. The maximum Gasteiger partial charge on any atom is 0.0810 e. The van der Waals surface area contributed by atoms with Crippen LogP contribution >= 0.6 is 0 Å². The summed E-state index contributed by atoms with van der Waals surface area (Å²) in [5.74, 6) is 0. The molecule has 1 unspecified atom stereocenters. The molecule has 0 bridgehead atoms. The van der Waals surface area contributed by atoms with Gasteiger partial charge in [-0.3, -0.25) is 5.32 Å². The molecule has 3 N–H and O–H groups in total. The van der Waals surface area contributed by atoms with Crippen molar-refractivity contribution in [3.63, 3.8) is 0 Å². The third kappa shape index (κ3) is 3.24. The lowest BCUT2D eigenvalue weighted by Crippen LogP contribution is -2.29. The summed E-state index contributed by atoms with van der Waals surface area (Å²) in [6, 6.07) is 11.8. The third-order valence-electron chi connectivity index (χ3n) is 1.76. The average Bonchev–Trinajstić information content (AvgIpc) is 2.19. The van der Waals surface area contributed by atoms with Crippen molar-refractivity contribution in [3.8, 4) is 6.07 Å². The summed E-state index contributed by atoms with van der Waals surface area (Å²) >= 11 is 0. The molecule has 0 amide bonds. The van der Waals surface area contributed by atoms with E-state index in [-0.39, 0.29) is 6.17 Å². The third-order valence-corrected chi connectivity index (χ3v) is 1.76. The lowest BCUT2D eigenvalue weighted by atomic mass is 10.2. The van der Waals surface area contributed by atoms with Gasteiger partial charge in [-0.2, -0.15) is 5.26 Å². The van der Waals surface area contributed by atoms with Crippen LogP contribution in [-0.2, 0) is 0 Å². The van der Waals surface area contributed by atoms with Gasteiger partial charge < -0.3 is 5.73 Å². The van der Waals surface area contributed by atoms with Crippen molar-refractivity contribution in [3.05, 3.63) is 35.9 Å². The molecule has 3 nitrogen and oxygen atoms in total. The van der Waals surface area contributed by atoms with E-state index < -0.39 is 0 Å². The molecule has 0 aliphatic heterocycles. The molecule has 0 heterocycles. The second-order valence-electron chi connectivity index (χ2n) is 2.75. The van der Waals surface area contributed by atoms with Crippen molar-refractivity contribution < 1.29 is 0 Å². The Morgan fingerprint density at radius 3 is 2.69 bits per heavy atom. The maximum absolute atomic E-state index is 8.32. The van der Waals surface area contributed by atoms with Crippen LogP contribution in [0.15, 0.2) is 30.3 Å². The largest absolute Gasteiger partial charge is 0.312 e. The molecule has 1 aromatic rings. The molecule has 1 aromatic carbocycles. The van der Waals surface area contributed by atoms with Crippen LogP contribution in [0.2, 0.25) is 0 Å². The Hall–Kier alpha value is -1.37. The van der Waals surface area contributed by atoms with Crippen LogP contribution in [0.5, 0.6) is 0 Å². The van der Waals surface area contributed by atoms with Crippen molar-refractivity contribution in [2.45, 2.75) is 12.6 Å². The van der Waals surface area contributed by atoms with Crippen LogP contribution in [-0.4, -0.2) is 6.54 Å². The molecule has 0 saturated carbocycles. The minimum atomic E-state index is -0.172. The lowest BCUT2D eigenvalue weighted by molar-refractivity contribution is 0.560. The zero-order chi connectivity index (χ0) is 9.52. The normalized spacial score (nSPS) is 12.0. The highest BCUT2D eigenvalue weighted by Crippen LogP contribution is 2.05. The smallest absolute Gasteiger partial charge is 0.0810 e. The van der Waals surface area contributed by atoms with Gasteiger partial charge in [0, 0.05) is 13.0 Å². The van der Waals surface area contributed by atoms with Gasteiger partial charge >= 0.3 is 0 Å². The minimum Gasteiger partial charge on any atom is -0.312 e. The number of rotatable bonds is 4. The number of benzene rings is 1. The molecule has 0 saturated heterocycles. The van der Waals surface area contributed by atoms with E-state index in [0.29, 0.717) is 13.0 Å². The lowest BCUT2D eigenvalue weighted by Gasteiger charge is -2.12. The Morgan fingerprint density at radius 1 is 1.38 bits per heavy atom. The summed E-state index contributed by atoms with van der Waals surface area (Å²) in [6.07, 6.45) is 0.315. The summed E-state index contributed by atoms with van der Waals surface area (Å²) in [4.78, 5) is 0. The van der Waals surface area contributed by atoms with E-state index in [0.717, 1.165) is 5.56 Å². The molecular formula is C10H13N3. The predicted octanol–water partition coefficient (Wildman–Crippen LogP) is 1.15. The summed E-state index contributed by atoms with van der Waals surface area (Å²) in [5.41, 5.74) is 6.86. The standard InChI is InChI=1S/C10H13N3/c11-7-4-8-13-10(12)9-5-2-1-3-6-9/h1-3,5-6,10,13H,4,8,12H2. The molecule has 1 rings (SSSR count). The van der Waals surface area contributed by atoms with Crippen molar-refractivity contribution in [1.82, 2.24) is 5.32 Å². The molecule has 3 heteroatoms. The summed E-state index contributed by atoms with van der Waals surface area (Å²) < 4.78 is 0. The van der Waals surface area contributed by atoms with Gasteiger partial charge in [0.1, 0.15) is 0 Å². The molecule has 0 aliphatic rings. The molecular weight excluding hydrogens is 162 g/mol. The Labute approximate surface area is 78.2 Å². The minimum absolute atomic E-state index is 0.172. The highest BCUT2D eigenvalue weighted by Gasteiger charge is 2.01. The van der Waals surface area contributed by atoms with E-state index in [9.17, 15) is 0 Å². The maximum atomic E-state index is 8.32. The first-order chi connectivity index (χ1) is 6.34. The quantitative estimate of drug-likeness (QED) is 0.533. The fourth-order valence-corrected chi connectivity index (χ4v) is 1.06. The van der Waals surface area contributed by atoms with Crippen molar-refractivity contribution in [2.24, 2.45) is 5.73 Å². The number of hydrogen-bond donors (Lipinski definition) is 2. The average molecular weight is 175 g/mol. The van der Waals surface area contributed by atoms with Gasteiger partial charge in [-0.15, -0.1) is 0 Å². The highest BCUT2D eigenvalue weighted by molar-refractivity contribution is 5.17. The van der Waals surface area contributed by atoms with Crippen LogP contribution < -0.4 is 11.1 Å². The van der Waals surface area contributed by atoms with Gasteiger partial charge in [0.25, 0.3) is 0 Å². The molecule has 0 fully saturated rings. The van der Waals surface area contributed by atoms with Gasteiger partial charge in [0.15, 0.2) is 0 Å². The van der Waals surface area contributed by atoms with Gasteiger partial charge in [-0.25, -0.2) is 0 Å². The number of nitrogens with two attached hydrogens (primary N) is 1. The Kier molecular flexibility index (Phi) is 3.97. The van der Waals surface area contributed by atoms with Crippen molar-refractivity contribution in [1.29, 1.82) is 5.26 Å². The summed E-state index contributed by atoms with van der Waals surface area (Å²) in [7, 11) is 0. The Bertz CT molecular complexity index is 276. The van der Waals surface area contributed by atoms with E-state index in [4.69, 9.17) is 11.0 Å². The highest BCUT2D eigenvalue weighted by atomic mass is 15.0. The van der Waals surface area contributed by atoms with Crippen molar-refractivity contribution in [2.75, 3.05) is 6.54 Å². The van der Waals surface area contributed by atoms with Crippen LogP contribution in [0.1, 0.15) is 18.2 Å². The van der Waals surface area contributed by atoms with Gasteiger partial charge in [-0.1, -0.05) is 30.3 Å². The zero-order valence-corrected chi connectivity index (χ0v) is 7.40. The number of nitriles is 1. The fraction of sp³-hybridized carbons (Fsp3) is 0.300. The van der Waals surface area contributed by atoms with Gasteiger partial charge in [0.05, 0.1) is 12.2 Å². The van der Waals surface area contributed by atoms with E-state index in [1.807, 2.05) is 30.3 Å². The van der Waals surface area contributed by atoms with Gasteiger partial charge in [-0.05, 0) is 5.56 Å². The predicted molar refractivity (Wildman–Crippen MR) is 51.6 cm³/mol. The van der Waals surface area contributed by atoms with Crippen molar-refractivity contribution >= 4 is 0 Å². The molecule has 1 atom stereocenters. The Balaban J connectivity index is 2.41. The number of hydrogen-bond acceptors (Lipinski definition) is 3. The van der Waals surface area contributed by atoms with E-state index in [2.05, 4.69) is 11.4 Å². The molecule has 13 heavy (non-hydrogen) atoms. The molecule has 68 valence electrons. The SMILES string of the molecule is N#CCCNC(N)c1ccccc1. The molecule has 0 aliphatic carbocycles. The second-order valence-corrected chi connectivity index (χ2v) is 2.75. The molecule has 0 radical (unpaired) electrons. The number of nitrogens with zero attached hydrogens (tertiary/aromatic N) is 1. The number of nitrogens with one attached hydrogen (secondary N) is 1. The monoisotopic (exact) mass is 175 g/mol. The zero-order valence-electron chi connectivity index (χ0n) is 7.40. The van der Waals surface area contributed by atoms with E-state index in [1.54, 1.807) is 0 Å². The van der Waals surface area contributed by atoms with Gasteiger partial charge in [0.2, 0.25) is 0 Å². The second kappa shape index (κ2) is 5.31. The Morgan fingerprint density at radius 2 is 2.08 bits per heavy atom. The summed E-state index contributed by atoms with van der Waals surface area (Å²) in [6.45, 7) is 0.632. The van der Waals surface area contributed by atoms with Crippen LogP contribution in [0.25, 0.3) is 0 Å². The van der Waals surface area contributed by atoms with Crippen LogP contribution in [0.3, 0.4) is 0 Å². The molecule has 0 aromatic heterocycles. The van der Waals surface area contributed by atoms with Crippen LogP contribution in [0.4, 0.5) is 0 Å². The topological polar surface area (TPSA) is 61.8 Å². The first-order valence-corrected chi connectivity index (χ1v) is 4.25. The van der Waals surface area contributed by atoms with Crippen LogP contribution in [0, 0.1) is 11.3 Å².